The Labute approximate surface area is 174 Å². The van der Waals surface area contributed by atoms with E-state index < -0.39 is 5.60 Å². The predicted octanol–water partition coefficient (Wildman–Crippen LogP) is 0.941. The second-order valence-electron chi connectivity index (χ2n) is 7.74. The summed E-state index contributed by atoms with van der Waals surface area (Å²) in [6, 6.07) is 1.52. The molecule has 0 bridgehead atoms. The standard InChI is InChI=1S/C19H27N7O4/c1-4-24(5-2)18(28)20-9-15-16-10-29-19(12-26(16)23-21-15)6-7-25(11-19)17(27)14-8-13(3)30-22-14/h8H,4-7,9-12H2,1-3H3,(H,20,28). The molecule has 2 aromatic rings. The van der Waals surface area contributed by atoms with E-state index in [0.29, 0.717) is 69.4 Å². The van der Waals surface area contributed by atoms with Gasteiger partial charge in [0, 0.05) is 25.7 Å². The Hall–Kier alpha value is -2.95. The maximum Gasteiger partial charge on any atom is 0.317 e. The molecule has 0 saturated carbocycles. The lowest BCUT2D eigenvalue weighted by Crippen LogP contribution is -2.45. The average molecular weight is 417 g/mol. The first-order valence-corrected chi connectivity index (χ1v) is 10.2. The van der Waals surface area contributed by atoms with E-state index in [1.807, 2.05) is 18.5 Å². The lowest BCUT2D eigenvalue weighted by molar-refractivity contribution is -0.0828. The number of hydrogen-bond acceptors (Lipinski definition) is 7. The first-order chi connectivity index (χ1) is 14.4. The van der Waals surface area contributed by atoms with E-state index in [0.717, 1.165) is 5.69 Å². The number of carbonyl (C=O) groups excluding carboxylic acids is 2. The van der Waals surface area contributed by atoms with Crippen molar-refractivity contribution in [2.45, 2.75) is 52.5 Å². The number of rotatable bonds is 5. The van der Waals surface area contributed by atoms with Gasteiger partial charge < -0.3 is 24.4 Å². The molecule has 2 aliphatic heterocycles. The molecule has 2 aliphatic rings. The van der Waals surface area contributed by atoms with Gasteiger partial charge in [-0.25, -0.2) is 9.48 Å². The lowest BCUT2D eigenvalue weighted by Gasteiger charge is -2.33. The Balaban J connectivity index is 1.39. The molecular weight excluding hydrogens is 390 g/mol. The smallest absolute Gasteiger partial charge is 0.317 e. The monoisotopic (exact) mass is 417 g/mol. The third-order valence-electron chi connectivity index (χ3n) is 5.78. The van der Waals surface area contributed by atoms with Crippen molar-refractivity contribution in [3.8, 4) is 0 Å². The lowest BCUT2D eigenvalue weighted by atomic mass is 10.0. The van der Waals surface area contributed by atoms with Gasteiger partial charge in [0.05, 0.1) is 31.9 Å². The fourth-order valence-corrected chi connectivity index (χ4v) is 4.01. The summed E-state index contributed by atoms with van der Waals surface area (Å²) in [5.74, 6) is 0.450. The maximum atomic E-state index is 12.7. The van der Waals surface area contributed by atoms with Gasteiger partial charge in [-0.15, -0.1) is 5.10 Å². The van der Waals surface area contributed by atoms with Crippen LogP contribution < -0.4 is 5.32 Å². The van der Waals surface area contributed by atoms with Crippen LogP contribution in [0, 0.1) is 6.92 Å². The van der Waals surface area contributed by atoms with Crippen LogP contribution in [0.5, 0.6) is 0 Å². The second kappa shape index (κ2) is 8.05. The van der Waals surface area contributed by atoms with Gasteiger partial charge in [0.25, 0.3) is 5.91 Å². The largest absolute Gasteiger partial charge is 0.365 e. The van der Waals surface area contributed by atoms with Crippen LogP contribution in [0.3, 0.4) is 0 Å². The summed E-state index contributed by atoms with van der Waals surface area (Å²) in [7, 11) is 0. The molecule has 4 heterocycles. The number of aromatic nitrogens is 4. The summed E-state index contributed by atoms with van der Waals surface area (Å²) < 4.78 is 13.1. The van der Waals surface area contributed by atoms with Gasteiger partial charge in [-0.1, -0.05) is 10.4 Å². The number of ether oxygens (including phenoxy) is 1. The van der Waals surface area contributed by atoms with Crippen molar-refractivity contribution in [1.82, 2.24) is 35.3 Å². The van der Waals surface area contributed by atoms with Crippen LogP contribution in [0.15, 0.2) is 10.6 Å². The summed E-state index contributed by atoms with van der Waals surface area (Å²) in [6.45, 7) is 9.14. The van der Waals surface area contributed by atoms with Gasteiger partial charge in [0.1, 0.15) is 17.1 Å². The van der Waals surface area contributed by atoms with Crippen LogP contribution in [0.4, 0.5) is 4.79 Å². The van der Waals surface area contributed by atoms with Gasteiger partial charge in [0.2, 0.25) is 0 Å². The molecule has 162 valence electrons. The van der Waals surface area contributed by atoms with E-state index in [1.54, 1.807) is 22.8 Å². The molecule has 30 heavy (non-hydrogen) atoms. The van der Waals surface area contributed by atoms with Crippen molar-refractivity contribution in [2.24, 2.45) is 0 Å². The van der Waals surface area contributed by atoms with Gasteiger partial charge in [0.15, 0.2) is 5.69 Å². The van der Waals surface area contributed by atoms with Gasteiger partial charge in [-0.05, 0) is 27.2 Å². The first-order valence-electron chi connectivity index (χ1n) is 10.2. The molecule has 1 N–H and O–H groups in total. The summed E-state index contributed by atoms with van der Waals surface area (Å²) >= 11 is 0. The van der Waals surface area contributed by atoms with Crippen molar-refractivity contribution >= 4 is 11.9 Å². The van der Waals surface area contributed by atoms with Crippen molar-refractivity contribution < 1.29 is 18.8 Å². The van der Waals surface area contributed by atoms with Crippen molar-refractivity contribution in [3.63, 3.8) is 0 Å². The highest BCUT2D eigenvalue weighted by Gasteiger charge is 2.45. The minimum Gasteiger partial charge on any atom is -0.365 e. The number of nitrogens with one attached hydrogen (secondary N) is 1. The predicted molar refractivity (Wildman–Crippen MR) is 104 cm³/mol. The Morgan fingerprint density at radius 1 is 1.30 bits per heavy atom. The Morgan fingerprint density at radius 2 is 2.10 bits per heavy atom. The third-order valence-corrected chi connectivity index (χ3v) is 5.78. The topological polar surface area (TPSA) is 119 Å². The van der Waals surface area contributed by atoms with Crippen LogP contribution in [-0.2, 0) is 24.4 Å². The number of aryl methyl sites for hydroxylation is 1. The number of hydrogen-bond donors (Lipinski definition) is 1. The molecule has 4 rings (SSSR count). The second-order valence-corrected chi connectivity index (χ2v) is 7.74. The van der Waals surface area contributed by atoms with Crippen molar-refractivity contribution in [3.05, 3.63) is 28.9 Å². The molecule has 1 fully saturated rings. The van der Waals surface area contributed by atoms with Crippen molar-refractivity contribution in [1.29, 1.82) is 0 Å². The zero-order valence-electron chi connectivity index (χ0n) is 17.6. The van der Waals surface area contributed by atoms with Gasteiger partial charge >= 0.3 is 6.03 Å². The molecule has 1 atom stereocenters. The number of carbonyl (C=O) groups is 2. The SMILES string of the molecule is CCN(CC)C(=O)NCc1nnn2c1COC1(CCN(C(=O)c3cc(C)on3)C1)C2. The minimum atomic E-state index is -0.489. The molecule has 0 aliphatic carbocycles. The molecule has 0 radical (unpaired) electrons. The maximum absolute atomic E-state index is 12.7. The molecule has 2 aromatic heterocycles. The van der Waals surface area contributed by atoms with E-state index in [9.17, 15) is 9.59 Å². The number of nitrogens with zero attached hydrogens (tertiary/aromatic N) is 6. The molecular formula is C19H27N7O4. The zero-order chi connectivity index (χ0) is 21.3. The third kappa shape index (κ3) is 3.76. The zero-order valence-corrected chi connectivity index (χ0v) is 17.6. The molecule has 3 amide bonds. The van der Waals surface area contributed by atoms with E-state index >= 15 is 0 Å². The Morgan fingerprint density at radius 3 is 2.80 bits per heavy atom. The normalized spacial score (nSPS) is 20.4. The summed E-state index contributed by atoms with van der Waals surface area (Å²) in [4.78, 5) is 28.3. The van der Waals surface area contributed by atoms with Crippen LogP contribution in [-0.4, -0.2) is 73.7 Å². The Bertz CT molecular complexity index is 935. The summed E-state index contributed by atoms with van der Waals surface area (Å²) in [6.07, 6.45) is 0.711. The first kappa shape index (κ1) is 20.3. The number of urea groups is 1. The molecule has 11 nitrogen and oxygen atoms in total. The minimum absolute atomic E-state index is 0.122. The number of amides is 3. The average Bonchev–Trinajstić information content (AvgIpc) is 3.46. The fourth-order valence-electron chi connectivity index (χ4n) is 4.01. The highest BCUT2D eigenvalue weighted by molar-refractivity contribution is 5.92. The van der Waals surface area contributed by atoms with E-state index in [1.165, 1.54) is 0 Å². The van der Waals surface area contributed by atoms with Crippen LogP contribution in [0.2, 0.25) is 0 Å². The number of likely N-dealkylation sites (tertiary alicyclic amines) is 1. The molecule has 0 aromatic carbocycles. The summed E-state index contributed by atoms with van der Waals surface area (Å²) in [5.41, 5.74) is 1.39. The van der Waals surface area contributed by atoms with Crippen LogP contribution in [0.1, 0.15) is 47.9 Å². The fraction of sp³-hybridized carbons (Fsp3) is 0.632. The highest BCUT2D eigenvalue weighted by Crippen LogP contribution is 2.33. The van der Waals surface area contributed by atoms with Crippen LogP contribution >= 0.6 is 0 Å². The molecule has 1 spiro atoms. The molecule has 11 heteroatoms. The molecule has 1 saturated heterocycles. The van der Waals surface area contributed by atoms with Gasteiger partial charge in [-0.2, -0.15) is 0 Å². The van der Waals surface area contributed by atoms with E-state index in [4.69, 9.17) is 9.26 Å². The summed E-state index contributed by atoms with van der Waals surface area (Å²) in [5, 5.41) is 15.2. The van der Waals surface area contributed by atoms with E-state index in [2.05, 4.69) is 20.8 Å². The van der Waals surface area contributed by atoms with Crippen LogP contribution in [0.25, 0.3) is 0 Å². The van der Waals surface area contributed by atoms with Crippen molar-refractivity contribution in [2.75, 3.05) is 26.2 Å². The molecule has 1 unspecified atom stereocenters. The highest BCUT2D eigenvalue weighted by atomic mass is 16.5. The quantitative estimate of drug-likeness (QED) is 0.769. The number of fused-ring (bicyclic) bond motifs is 1. The van der Waals surface area contributed by atoms with Gasteiger partial charge in [-0.3, -0.25) is 4.79 Å². The van der Waals surface area contributed by atoms with E-state index in [-0.39, 0.29) is 11.9 Å². The Kier molecular flexibility index (Phi) is 5.46.